The molecule has 0 aliphatic heterocycles. The summed E-state index contributed by atoms with van der Waals surface area (Å²) >= 11 is 0. The number of nitrogens with one attached hydrogen (secondary N) is 1. The topological polar surface area (TPSA) is 76.2 Å². The fourth-order valence-corrected chi connectivity index (χ4v) is 3.62. The summed E-state index contributed by atoms with van der Waals surface area (Å²) in [6.45, 7) is 2.22. The van der Waals surface area contributed by atoms with Crippen molar-refractivity contribution in [2.45, 2.75) is 38.3 Å². The molecule has 6 nitrogen and oxygen atoms in total. The Kier molecular flexibility index (Phi) is 5.27. The summed E-state index contributed by atoms with van der Waals surface area (Å²) in [6, 6.07) is 6.61. The maximum absolute atomic E-state index is 13.1. The van der Waals surface area contributed by atoms with Crippen molar-refractivity contribution in [2.24, 2.45) is 11.7 Å². The maximum Gasteiger partial charge on any atom is 0.254 e. The van der Waals surface area contributed by atoms with Gasteiger partial charge in [-0.15, -0.1) is 0 Å². The lowest BCUT2D eigenvalue weighted by Gasteiger charge is -2.37. The molecule has 140 valence electrons. The molecule has 0 spiro atoms. The average molecular weight is 359 g/mol. The van der Waals surface area contributed by atoms with Crippen LogP contribution < -0.4 is 11.1 Å². The minimum Gasteiger partial charge on any atom is -0.365 e. The van der Waals surface area contributed by atoms with Crippen LogP contribution in [0.15, 0.2) is 30.5 Å². The molecule has 1 fully saturated rings. The summed E-state index contributed by atoms with van der Waals surface area (Å²) in [7, 11) is 4.19. The van der Waals surface area contributed by atoms with Crippen molar-refractivity contribution in [3.8, 4) is 0 Å². The summed E-state index contributed by atoms with van der Waals surface area (Å²) in [5, 5.41) is 7.69. The van der Waals surface area contributed by atoms with E-state index in [1.165, 1.54) is 12.1 Å². The lowest BCUT2D eigenvalue weighted by atomic mass is 9.82. The Morgan fingerprint density at radius 1 is 1.31 bits per heavy atom. The molecular weight excluding hydrogens is 333 g/mol. The third-order valence-electron chi connectivity index (χ3n) is 5.30. The second kappa shape index (κ2) is 7.45. The van der Waals surface area contributed by atoms with Crippen LogP contribution in [-0.4, -0.2) is 40.7 Å². The smallest absolute Gasteiger partial charge is 0.254 e. The summed E-state index contributed by atoms with van der Waals surface area (Å²) in [6.07, 6.45) is 4.98. The first-order chi connectivity index (χ1) is 12.3. The van der Waals surface area contributed by atoms with Gasteiger partial charge in [-0.05, 0) is 63.5 Å². The number of nitrogens with zero attached hydrogens (tertiary/aromatic N) is 3. The number of hydrogen-bond donors (Lipinski definition) is 2. The molecule has 1 aromatic carbocycles. The standard InChI is InChI=1S/C19H26FN5O/c1-12-4-9-15(24(2)3)10-17(12)25-11-16(18(21)26)19(23-25)22-14-7-5-13(20)6-8-14/h5-8,11-12,15,17H,4,9-10H2,1-3H3,(H2,21,26)(H,22,23)/t12-,15+,17-/m0/s1. The zero-order valence-corrected chi connectivity index (χ0v) is 15.4. The predicted molar refractivity (Wildman–Crippen MR) is 100.0 cm³/mol. The number of halogens is 1. The van der Waals surface area contributed by atoms with Gasteiger partial charge in [0.1, 0.15) is 11.4 Å². The molecular formula is C19H26FN5O. The number of carbonyl (C=O) groups excluding carboxylic acids is 1. The highest BCUT2D eigenvalue weighted by Crippen LogP contribution is 2.36. The predicted octanol–water partition coefficient (Wildman–Crippen LogP) is 3.16. The Hall–Kier alpha value is -2.41. The summed E-state index contributed by atoms with van der Waals surface area (Å²) < 4.78 is 15.0. The molecule has 7 heteroatoms. The van der Waals surface area contributed by atoms with Gasteiger partial charge in [0.05, 0.1) is 6.04 Å². The molecule has 1 aliphatic rings. The Morgan fingerprint density at radius 3 is 2.62 bits per heavy atom. The molecule has 0 saturated heterocycles. The molecule has 0 bridgehead atoms. The van der Waals surface area contributed by atoms with Gasteiger partial charge >= 0.3 is 0 Å². The minimum atomic E-state index is -0.534. The molecule has 3 rings (SSSR count). The molecule has 1 heterocycles. The van der Waals surface area contributed by atoms with Gasteiger partial charge in [-0.3, -0.25) is 9.48 Å². The first-order valence-corrected chi connectivity index (χ1v) is 8.93. The van der Waals surface area contributed by atoms with Gasteiger partial charge in [0.2, 0.25) is 0 Å². The molecule has 3 N–H and O–H groups in total. The zero-order valence-electron chi connectivity index (χ0n) is 15.4. The Balaban J connectivity index is 1.88. The van der Waals surface area contributed by atoms with E-state index >= 15 is 0 Å². The van der Waals surface area contributed by atoms with Gasteiger partial charge in [-0.25, -0.2) is 4.39 Å². The number of rotatable bonds is 5. The first-order valence-electron chi connectivity index (χ1n) is 8.93. The number of anilines is 2. The van der Waals surface area contributed by atoms with E-state index in [1.807, 2.05) is 4.68 Å². The third kappa shape index (κ3) is 3.88. The highest BCUT2D eigenvalue weighted by molar-refractivity contribution is 5.98. The van der Waals surface area contributed by atoms with Gasteiger partial charge in [0.15, 0.2) is 5.82 Å². The lowest BCUT2D eigenvalue weighted by Crippen LogP contribution is -2.37. The number of amides is 1. The highest BCUT2D eigenvalue weighted by atomic mass is 19.1. The van der Waals surface area contributed by atoms with Crippen LogP contribution in [-0.2, 0) is 0 Å². The van der Waals surface area contributed by atoms with E-state index in [2.05, 4.69) is 36.3 Å². The Morgan fingerprint density at radius 2 is 2.00 bits per heavy atom. The molecule has 0 unspecified atom stereocenters. The number of primary amides is 1. The number of hydrogen-bond acceptors (Lipinski definition) is 4. The van der Waals surface area contributed by atoms with Gasteiger partial charge < -0.3 is 16.0 Å². The quantitative estimate of drug-likeness (QED) is 0.860. The van der Waals surface area contributed by atoms with E-state index in [9.17, 15) is 9.18 Å². The highest BCUT2D eigenvalue weighted by Gasteiger charge is 2.31. The largest absolute Gasteiger partial charge is 0.365 e. The van der Waals surface area contributed by atoms with Gasteiger partial charge in [0.25, 0.3) is 5.91 Å². The van der Waals surface area contributed by atoms with Crippen LogP contribution in [0, 0.1) is 11.7 Å². The molecule has 0 radical (unpaired) electrons. The number of nitrogens with two attached hydrogens (primary N) is 1. The first kappa shape index (κ1) is 18.4. The lowest BCUT2D eigenvalue weighted by molar-refractivity contribution is 0.1000. The minimum absolute atomic E-state index is 0.206. The van der Waals surface area contributed by atoms with E-state index in [4.69, 9.17) is 5.73 Å². The van der Waals surface area contributed by atoms with E-state index in [-0.39, 0.29) is 11.9 Å². The van der Waals surface area contributed by atoms with Crippen LogP contribution in [0.1, 0.15) is 42.6 Å². The average Bonchev–Trinajstić information content (AvgIpc) is 3.01. The van der Waals surface area contributed by atoms with Crippen LogP contribution in [0.5, 0.6) is 0 Å². The van der Waals surface area contributed by atoms with Crippen molar-refractivity contribution in [3.63, 3.8) is 0 Å². The second-order valence-electron chi connectivity index (χ2n) is 7.34. The number of carbonyl (C=O) groups is 1. The van der Waals surface area contributed by atoms with Gasteiger partial charge in [0, 0.05) is 17.9 Å². The third-order valence-corrected chi connectivity index (χ3v) is 5.30. The maximum atomic E-state index is 13.1. The van der Waals surface area contributed by atoms with Crippen molar-refractivity contribution >= 4 is 17.4 Å². The Bertz CT molecular complexity index is 771. The molecule has 26 heavy (non-hydrogen) atoms. The van der Waals surface area contributed by atoms with Crippen LogP contribution >= 0.6 is 0 Å². The van der Waals surface area contributed by atoms with Crippen molar-refractivity contribution in [1.82, 2.24) is 14.7 Å². The molecule has 2 aromatic rings. The monoisotopic (exact) mass is 359 g/mol. The fourth-order valence-electron chi connectivity index (χ4n) is 3.62. The number of benzene rings is 1. The summed E-state index contributed by atoms with van der Waals surface area (Å²) in [4.78, 5) is 14.1. The summed E-state index contributed by atoms with van der Waals surface area (Å²) in [5.41, 5.74) is 6.54. The number of aromatic nitrogens is 2. The van der Waals surface area contributed by atoms with Crippen molar-refractivity contribution in [2.75, 3.05) is 19.4 Å². The summed E-state index contributed by atoms with van der Waals surface area (Å²) in [5.74, 6) is 0.0178. The molecule has 3 atom stereocenters. The fraction of sp³-hybridized carbons (Fsp3) is 0.474. The van der Waals surface area contributed by atoms with E-state index in [0.29, 0.717) is 29.0 Å². The molecule has 1 aromatic heterocycles. The van der Waals surface area contributed by atoms with Crippen LogP contribution in [0.4, 0.5) is 15.9 Å². The zero-order chi connectivity index (χ0) is 18.8. The van der Waals surface area contributed by atoms with E-state index in [1.54, 1.807) is 18.3 Å². The SMILES string of the molecule is C[C@H]1CC[C@@H](N(C)C)C[C@@H]1n1cc(C(N)=O)c(Nc2ccc(F)cc2)n1. The van der Waals surface area contributed by atoms with Crippen LogP contribution in [0.25, 0.3) is 0 Å². The second-order valence-corrected chi connectivity index (χ2v) is 7.34. The van der Waals surface area contributed by atoms with E-state index < -0.39 is 5.91 Å². The molecule has 1 aliphatic carbocycles. The van der Waals surface area contributed by atoms with Gasteiger partial charge in [-0.1, -0.05) is 6.92 Å². The van der Waals surface area contributed by atoms with E-state index in [0.717, 1.165) is 19.3 Å². The van der Waals surface area contributed by atoms with Crippen LogP contribution in [0.2, 0.25) is 0 Å². The van der Waals surface area contributed by atoms with Crippen molar-refractivity contribution < 1.29 is 9.18 Å². The normalized spacial score (nSPS) is 23.2. The van der Waals surface area contributed by atoms with Crippen molar-refractivity contribution in [3.05, 3.63) is 41.8 Å². The van der Waals surface area contributed by atoms with Gasteiger partial charge in [-0.2, -0.15) is 5.10 Å². The Labute approximate surface area is 153 Å². The molecule has 1 saturated carbocycles. The van der Waals surface area contributed by atoms with Crippen LogP contribution in [0.3, 0.4) is 0 Å². The molecule has 1 amide bonds. The van der Waals surface area contributed by atoms with Crippen molar-refractivity contribution in [1.29, 1.82) is 0 Å².